The van der Waals surface area contributed by atoms with Crippen LogP contribution in [-0.4, -0.2) is 9.55 Å². The number of hydrogen-bond donors (Lipinski definition) is 0. The zero-order valence-electron chi connectivity index (χ0n) is 16.7. The lowest BCUT2D eigenvalue weighted by Gasteiger charge is -2.17. The summed E-state index contributed by atoms with van der Waals surface area (Å²) in [5.41, 5.74) is 4.28. The van der Waals surface area contributed by atoms with E-state index in [0.29, 0.717) is 18.0 Å². The first kappa shape index (κ1) is 18.3. The molecule has 29 heavy (non-hydrogen) atoms. The Labute approximate surface area is 171 Å². The van der Waals surface area contributed by atoms with E-state index in [1.807, 2.05) is 26.0 Å². The van der Waals surface area contributed by atoms with Crippen molar-refractivity contribution in [1.29, 1.82) is 0 Å². The average molecular weight is 407 g/mol. The van der Waals surface area contributed by atoms with Gasteiger partial charge in [-0.05, 0) is 73.4 Å². The van der Waals surface area contributed by atoms with Gasteiger partial charge >= 0.3 is 5.63 Å². The van der Waals surface area contributed by atoms with Gasteiger partial charge in [-0.25, -0.2) is 9.78 Å². The molecule has 0 bridgehead atoms. The standard InChI is InChI=1S/C23H22N2O3S/c1-12-4-5-16-19(6-12)29-22-21(16)23(27)25(11-24-22)10-15-9-20(26)28-18-8-14(3)13(2)7-17(15)18/h7-9,11-12H,4-6,10H2,1-3H3/t12-/m0/s1. The highest BCUT2D eigenvalue weighted by Gasteiger charge is 2.23. The number of rotatable bonds is 2. The summed E-state index contributed by atoms with van der Waals surface area (Å²) in [7, 11) is 0. The van der Waals surface area contributed by atoms with Crippen LogP contribution in [0.5, 0.6) is 0 Å². The quantitative estimate of drug-likeness (QED) is 0.464. The maximum Gasteiger partial charge on any atom is 0.336 e. The highest BCUT2D eigenvalue weighted by molar-refractivity contribution is 7.18. The lowest BCUT2D eigenvalue weighted by atomic mass is 9.89. The molecule has 1 aromatic carbocycles. The van der Waals surface area contributed by atoms with Crippen molar-refractivity contribution in [2.75, 3.05) is 0 Å². The number of aromatic nitrogens is 2. The summed E-state index contributed by atoms with van der Waals surface area (Å²) >= 11 is 1.65. The molecule has 4 aromatic rings. The van der Waals surface area contributed by atoms with Crippen molar-refractivity contribution >= 4 is 32.5 Å². The molecule has 0 N–H and O–H groups in total. The van der Waals surface area contributed by atoms with Gasteiger partial charge in [0.25, 0.3) is 5.56 Å². The number of aryl methyl sites for hydroxylation is 3. The summed E-state index contributed by atoms with van der Waals surface area (Å²) in [5.74, 6) is 0.652. The van der Waals surface area contributed by atoms with E-state index in [4.69, 9.17) is 4.42 Å². The predicted octanol–water partition coefficient (Wildman–Crippen LogP) is 4.35. The molecule has 0 radical (unpaired) electrons. The summed E-state index contributed by atoms with van der Waals surface area (Å²) in [5, 5.41) is 1.62. The van der Waals surface area contributed by atoms with Gasteiger partial charge in [-0.2, -0.15) is 0 Å². The maximum absolute atomic E-state index is 13.3. The van der Waals surface area contributed by atoms with Crippen molar-refractivity contribution in [2.24, 2.45) is 5.92 Å². The van der Waals surface area contributed by atoms with E-state index in [2.05, 4.69) is 11.9 Å². The Morgan fingerprint density at radius 1 is 1.21 bits per heavy atom. The second-order valence-corrected chi connectivity index (χ2v) is 9.32. The molecule has 1 atom stereocenters. The average Bonchev–Trinajstić information content (AvgIpc) is 3.03. The van der Waals surface area contributed by atoms with Gasteiger partial charge in [0.05, 0.1) is 18.3 Å². The zero-order chi connectivity index (χ0) is 20.3. The third kappa shape index (κ3) is 3.02. The third-order valence-corrected chi connectivity index (χ3v) is 7.23. The van der Waals surface area contributed by atoms with Crippen LogP contribution in [0.3, 0.4) is 0 Å². The maximum atomic E-state index is 13.3. The van der Waals surface area contributed by atoms with Crippen LogP contribution in [0.15, 0.2) is 38.5 Å². The van der Waals surface area contributed by atoms with Gasteiger partial charge in [0.2, 0.25) is 0 Å². The predicted molar refractivity (Wildman–Crippen MR) is 116 cm³/mol. The van der Waals surface area contributed by atoms with E-state index in [-0.39, 0.29) is 5.56 Å². The molecular weight excluding hydrogens is 384 g/mol. The molecule has 6 heteroatoms. The van der Waals surface area contributed by atoms with Crippen LogP contribution in [0.25, 0.3) is 21.2 Å². The Bertz CT molecular complexity index is 1390. The highest BCUT2D eigenvalue weighted by Crippen LogP contribution is 2.35. The van der Waals surface area contributed by atoms with Gasteiger partial charge in [-0.1, -0.05) is 6.92 Å². The molecule has 1 aliphatic rings. The van der Waals surface area contributed by atoms with E-state index < -0.39 is 5.63 Å². The van der Waals surface area contributed by atoms with E-state index in [0.717, 1.165) is 51.6 Å². The van der Waals surface area contributed by atoms with Crippen LogP contribution >= 0.6 is 11.3 Å². The van der Waals surface area contributed by atoms with E-state index in [9.17, 15) is 9.59 Å². The molecule has 1 aliphatic carbocycles. The van der Waals surface area contributed by atoms with Crippen LogP contribution in [0.2, 0.25) is 0 Å². The molecule has 3 aromatic heterocycles. The Hall–Kier alpha value is -2.73. The molecule has 0 aliphatic heterocycles. The first-order valence-electron chi connectivity index (χ1n) is 9.94. The Balaban J connectivity index is 1.66. The number of nitrogens with zero attached hydrogens (tertiary/aromatic N) is 2. The molecule has 0 saturated carbocycles. The molecule has 0 unspecified atom stereocenters. The van der Waals surface area contributed by atoms with Gasteiger partial charge in [0.1, 0.15) is 10.4 Å². The summed E-state index contributed by atoms with van der Waals surface area (Å²) in [6.45, 7) is 6.58. The highest BCUT2D eigenvalue weighted by atomic mass is 32.1. The number of benzene rings is 1. The van der Waals surface area contributed by atoms with Crippen LogP contribution in [0.1, 0.15) is 40.5 Å². The van der Waals surface area contributed by atoms with E-state index in [1.165, 1.54) is 16.5 Å². The van der Waals surface area contributed by atoms with Crippen molar-refractivity contribution in [1.82, 2.24) is 9.55 Å². The number of fused-ring (bicyclic) bond motifs is 4. The topological polar surface area (TPSA) is 65.1 Å². The fraction of sp³-hybridized carbons (Fsp3) is 0.348. The minimum Gasteiger partial charge on any atom is -0.423 e. The van der Waals surface area contributed by atoms with Crippen LogP contribution in [-0.2, 0) is 19.4 Å². The lowest BCUT2D eigenvalue weighted by molar-refractivity contribution is 0.509. The van der Waals surface area contributed by atoms with Crippen molar-refractivity contribution in [3.8, 4) is 0 Å². The minimum absolute atomic E-state index is 0.0210. The van der Waals surface area contributed by atoms with E-state index >= 15 is 0 Å². The monoisotopic (exact) mass is 406 g/mol. The summed E-state index contributed by atoms with van der Waals surface area (Å²) in [6.07, 6.45) is 4.68. The smallest absolute Gasteiger partial charge is 0.336 e. The molecule has 5 rings (SSSR count). The van der Waals surface area contributed by atoms with E-state index in [1.54, 1.807) is 22.2 Å². The largest absolute Gasteiger partial charge is 0.423 e. The summed E-state index contributed by atoms with van der Waals surface area (Å²) in [6, 6.07) is 5.39. The van der Waals surface area contributed by atoms with Crippen molar-refractivity contribution < 1.29 is 4.42 Å². The van der Waals surface area contributed by atoms with Crippen LogP contribution in [0, 0.1) is 19.8 Å². The van der Waals surface area contributed by atoms with Gasteiger partial charge in [-0.15, -0.1) is 11.3 Å². The fourth-order valence-electron chi connectivity index (χ4n) is 4.28. The molecular formula is C23H22N2O3S. The Morgan fingerprint density at radius 2 is 2.00 bits per heavy atom. The van der Waals surface area contributed by atoms with Crippen LogP contribution in [0.4, 0.5) is 0 Å². The molecule has 0 amide bonds. The number of hydrogen-bond acceptors (Lipinski definition) is 5. The lowest BCUT2D eigenvalue weighted by Crippen LogP contribution is -2.22. The molecule has 0 spiro atoms. The SMILES string of the molecule is Cc1cc2oc(=O)cc(Cn3cnc4sc5c(c4c3=O)CC[C@H](C)C5)c2cc1C. The van der Waals surface area contributed by atoms with Crippen LogP contribution < -0.4 is 11.2 Å². The summed E-state index contributed by atoms with van der Waals surface area (Å²) < 4.78 is 7.01. The Morgan fingerprint density at radius 3 is 2.83 bits per heavy atom. The molecule has 148 valence electrons. The molecule has 3 heterocycles. The summed E-state index contributed by atoms with van der Waals surface area (Å²) in [4.78, 5) is 32.1. The second-order valence-electron chi connectivity index (χ2n) is 8.23. The Kier molecular flexibility index (Phi) is 4.21. The van der Waals surface area contributed by atoms with Crippen molar-refractivity contribution in [3.63, 3.8) is 0 Å². The number of thiophene rings is 1. The fourth-order valence-corrected chi connectivity index (χ4v) is 5.62. The zero-order valence-corrected chi connectivity index (χ0v) is 17.6. The van der Waals surface area contributed by atoms with Gasteiger partial charge < -0.3 is 4.42 Å². The minimum atomic E-state index is -0.403. The molecule has 0 saturated heterocycles. The first-order chi connectivity index (χ1) is 13.9. The van der Waals surface area contributed by atoms with Crippen molar-refractivity contribution in [2.45, 2.75) is 46.6 Å². The molecule has 0 fully saturated rings. The van der Waals surface area contributed by atoms with Gasteiger partial charge in [0.15, 0.2) is 0 Å². The first-order valence-corrected chi connectivity index (χ1v) is 10.8. The molecule has 5 nitrogen and oxygen atoms in total. The third-order valence-electron chi connectivity index (χ3n) is 6.07. The van der Waals surface area contributed by atoms with Gasteiger partial charge in [-0.3, -0.25) is 9.36 Å². The van der Waals surface area contributed by atoms with Crippen molar-refractivity contribution in [3.05, 3.63) is 72.4 Å². The normalized spacial score (nSPS) is 16.4. The van der Waals surface area contributed by atoms with Gasteiger partial charge in [0, 0.05) is 16.3 Å². The second kappa shape index (κ2) is 6.66.